The summed E-state index contributed by atoms with van der Waals surface area (Å²) in [6.45, 7) is 1.38. The molecule has 1 aromatic rings. The largest absolute Gasteiger partial charge is 0.297 e. The molecule has 1 heterocycles. The van der Waals surface area contributed by atoms with Gasteiger partial charge < -0.3 is 0 Å². The van der Waals surface area contributed by atoms with Crippen LogP contribution in [0.25, 0.3) is 0 Å². The zero-order valence-corrected chi connectivity index (χ0v) is 6.69. The van der Waals surface area contributed by atoms with Gasteiger partial charge in [0.15, 0.2) is 0 Å². The van der Waals surface area contributed by atoms with Crippen LogP contribution in [0.4, 0.5) is 0 Å². The topological polar surface area (TPSA) is 21.3 Å². The van der Waals surface area contributed by atoms with Crippen LogP contribution < -0.4 is 5.48 Å². The second-order valence-corrected chi connectivity index (χ2v) is 2.96. The zero-order valence-electron chi connectivity index (χ0n) is 5.93. The fourth-order valence-corrected chi connectivity index (χ4v) is 1.35. The van der Waals surface area contributed by atoms with Gasteiger partial charge in [-0.1, -0.05) is 17.7 Å². The van der Waals surface area contributed by atoms with E-state index in [1.54, 1.807) is 0 Å². The molecular weight excluding hydrogens is 162 g/mol. The summed E-state index contributed by atoms with van der Waals surface area (Å²) in [4.78, 5) is 5.04. The summed E-state index contributed by atoms with van der Waals surface area (Å²) >= 11 is 5.80. The van der Waals surface area contributed by atoms with E-state index in [-0.39, 0.29) is 0 Å². The maximum absolute atomic E-state index is 5.80. The quantitative estimate of drug-likeness (QED) is 0.640. The molecule has 0 radical (unpaired) electrons. The summed E-state index contributed by atoms with van der Waals surface area (Å²) in [5.74, 6) is 0. The Kier molecular flexibility index (Phi) is 1.82. The van der Waals surface area contributed by atoms with Gasteiger partial charge in [-0.25, -0.2) is 0 Å². The van der Waals surface area contributed by atoms with Crippen LogP contribution in [0, 0.1) is 0 Å². The maximum atomic E-state index is 5.80. The summed E-state index contributed by atoms with van der Waals surface area (Å²) in [5, 5.41) is 0.772. The smallest absolute Gasteiger partial charge is 0.0936 e. The molecule has 0 unspecified atom stereocenters. The molecule has 0 spiro atoms. The van der Waals surface area contributed by atoms with Crippen LogP contribution in [0.5, 0.6) is 0 Å². The summed E-state index contributed by atoms with van der Waals surface area (Å²) in [5.41, 5.74) is 5.26. The van der Waals surface area contributed by atoms with Crippen LogP contribution in [0.15, 0.2) is 18.2 Å². The first-order valence-electron chi connectivity index (χ1n) is 3.48. The van der Waals surface area contributed by atoms with Crippen molar-refractivity contribution in [3.8, 4) is 0 Å². The lowest BCUT2D eigenvalue weighted by Crippen LogP contribution is -2.20. The van der Waals surface area contributed by atoms with Gasteiger partial charge in [0.1, 0.15) is 0 Å². The minimum absolute atomic E-state index is 0.607. The molecule has 2 nitrogen and oxygen atoms in total. The zero-order chi connectivity index (χ0) is 7.68. The molecule has 11 heavy (non-hydrogen) atoms. The average molecular weight is 170 g/mol. The molecule has 0 saturated carbocycles. The minimum atomic E-state index is 0.607. The lowest BCUT2D eigenvalue weighted by Gasteiger charge is -2.16. The Morgan fingerprint density at radius 3 is 3.18 bits per heavy atom. The SMILES string of the molecule is Clc1ccc2c(c1)CONC2. The standard InChI is InChI=1S/C8H8ClNO/c9-8-2-1-6-4-10-11-5-7(6)3-8/h1-3,10H,4-5H2. The van der Waals surface area contributed by atoms with Crippen molar-refractivity contribution in [2.45, 2.75) is 13.2 Å². The molecule has 58 valence electrons. The van der Waals surface area contributed by atoms with Crippen molar-refractivity contribution in [3.05, 3.63) is 34.3 Å². The third-order valence-electron chi connectivity index (χ3n) is 1.76. The number of hydrogen-bond donors (Lipinski definition) is 1. The lowest BCUT2D eigenvalue weighted by atomic mass is 10.1. The number of hydrogen-bond acceptors (Lipinski definition) is 2. The summed E-state index contributed by atoms with van der Waals surface area (Å²) in [7, 11) is 0. The predicted molar refractivity (Wildman–Crippen MR) is 43.1 cm³/mol. The van der Waals surface area contributed by atoms with E-state index in [1.165, 1.54) is 11.1 Å². The number of rotatable bonds is 0. The van der Waals surface area contributed by atoms with Crippen LogP contribution in [0.2, 0.25) is 5.02 Å². The first-order valence-corrected chi connectivity index (χ1v) is 3.86. The van der Waals surface area contributed by atoms with Gasteiger partial charge in [-0.3, -0.25) is 4.84 Å². The van der Waals surface area contributed by atoms with E-state index in [2.05, 4.69) is 5.48 Å². The van der Waals surface area contributed by atoms with Crippen molar-refractivity contribution in [1.82, 2.24) is 5.48 Å². The first-order chi connectivity index (χ1) is 5.36. The molecule has 1 aromatic carbocycles. The minimum Gasteiger partial charge on any atom is -0.297 e. The average Bonchev–Trinajstić information content (AvgIpc) is 2.04. The first kappa shape index (κ1) is 7.10. The number of benzene rings is 1. The molecule has 0 bridgehead atoms. The van der Waals surface area contributed by atoms with Gasteiger partial charge in [0, 0.05) is 11.6 Å². The second kappa shape index (κ2) is 2.81. The molecule has 0 aromatic heterocycles. The Labute approximate surface area is 70.1 Å². The highest BCUT2D eigenvalue weighted by molar-refractivity contribution is 6.30. The van der Waals surface area contributed by atoms with E-state index in [4.69, 9.17) is 16.4 Å². The fraction of sp³-hybridized carbons (Fsp3) is 0.250. The molecule has 0 amide bonds. The van der Waals surface area contributed by atoms with E-state index in [0.29, 0.717) is 6.61 Å². The Morgan fingerprint density at radius 2 is 2.27 bits per heavy atom. The van der Waals surface area contributed by atoms with Crippen molar-refractivity contribution in [2.75, 3.05) is 0 Å². The van der Waals surface area contributed by atoms with Crippen LogP contribution in [-0.2, 0) is 18.0 Å². The van der Waals surface area contributed by atoms with Gasteiger partial charge in [0.2, 0.25) is 0 Å². The van der Waals surface area contributed by atoms with E-state index in [9.17, 15) is 0 Å². The van der Waals surface area contributed by atoms with E-state index in [1.807, 2.05) is 18.2 Å². The number of fused-ring (bicyclic) bond motifs is 1. The van der Waals surface area contributed by atoms with E-state index < -0.39 is 0 Å². The van der Waals surface area contributed by atoms with Crippen molar-refractivity contribution in [1.29, 1.82) is 0 Å². The normalized spacial score (nSPS) is 16.1. The Balaban J connectivity index is 2.43. The Morgan fingerprint density at radius 1 is 1.36 bits per heavy atom. The number of hydroxylamine groups is 1. The second-order valence-electron chi connectivity index (χ2n) is 2.52. The van der Waals surface area contributed by atoms with Crippen molar-refractivity contribution >= 4 is 11.6 Å². The summed E-state index contributed by atoms with van der Waals surface area (Å²) in [6.07, 6.45) is 0. The molecule has 1 aliphatic heterocycles. The highest BCUT2D eigenvalue weighted by Gasteiger charge is 2.07. The molecule has 0 saturated heterocycles. The highest BCUT2D eigenvalue weighted by atomic mass is 35.5. The molecule has 3 heteroatoms. The molecule has 0 atom stereocenters. The Hall–Kier alpha value is -0.570. The van der Waals surface area contributed by atoms with Crippen molar-refractivity contribution < 1.29 is 4.84 Å². The van der Waals surface area contributed by atoms with Gasteiger partial charge in [0.05, 0.1) is 6.61 Å². The van der Waals surface area contributed by atoms with Crippen LogP contribution in [0.1, 0.15) is 11.1 Å². The van der Waals surface area contributed by atoms with E-state index in [0.717, 1.165) is 11.6 Å². The Bertz CT molecular complexity index is 275. The molecule has 2 rings (SSSR count). The van der Waals surface area contributed by atoms with Gasteiger partial charge in [-0.05, 0) is 23.3 Å². The van der Waals surface area contributed by atoms with Gasteiger partial charge in [-0.15, -0.1) is 0 Å². The molecule has 0 aliphatic carbocycles. The predicted octanol–water partition coefficient (Wildman–Crippen LogP) is 1.87. The molecule has 1 aliphatic rings. The molecular formula is C8H8ClNO. The highest BCUT2D eigenvalue weighted by Crippen LogP contribution is 2.18. The van der Waals surface area contributed by atoms with Crippen LogP contribution in [0.3, 0.4) is 0 Å². The van der Waals surface area contributed by atoms with Crippen LogP contribution >= 0.6 is 11.6 Å². The molecule has 1 N–H and O–H groups in total. The summed E-state index contributed by atoms with van der Waals surface area (Å²) < 4.78 is 0. The van der Waals surface area contributed by atoms with Gasteiger partial charge in [-0.2, -0.15) is 5.48 Å². The number of halogens is 1. The van der Waals surface area contributed by atoms with Crippen LogP contribution in [-0.4, -0.2) is 0 Å². The maximum Gasteiger partial charge on any atom is 0.0936 e. The van der Waals surface area contributed by atoms with Gasteiger partial charge in [0.25, 0.3) is 0 Å². The number of nitrogens with one attached hydrogen (secondary N) is 1. The van der Waals surface area contributed by atoms with E-state index >= 15 is 0 Å². The monoisotopic (exact) mass is 169 g/mol. The third kappa shape index (κ3) is 1.38. The molecule has 0 fully saturated rings. The summed E-state index contributed by atoms with van der Waals surface area (Å²) in [6, 6.07) is 5.86. The fourth-order valence-electron chi connectivity index (χ4n) is 1.16. The van der Waals surface area contributed by atoms with Crippen molar-refractivity contribution in [3.63, 3.8) is 0 Å². The third-order valence-corrected chi connectivity index (χ3v) is 2.00. The van der Waals surface area contributed by atoms with Gasteiger partial charge >= 0.3 is 0 Å². The lowest BCUT2D eigenvalue weighted by molar-refractivity contribution is 0.0108. The van der Waals surface area contributed by atoms with Crippen molar-refractivity contribution in [2.24, 2.45) is 0 Å².